The third-order valence-corrected chi connectivity index (χ3v) is 5.49. The Morgan fingerprint density at radius 2 is 1.87 bits per heavy atom. The van der Waals surface area contributed by atoms with Crippen molar-refractivity contribution in [3.8, 4) is 11.5 Å². The molecule has 0 radical (unpaired) electrons. The number of hydrogen-bond donors (Lipinski definition) is 1. The van der Waals surface area contributed by atoms with Crippen LogP contribution in [-0.2, 0) is 6.54 Å². The summed E-state index contributed by atoms with van der Waals surface area (Å²) < 4.78 is 11.4. The third kappa shape index (κ3) is 6.60. The molecule has 2 aromatic rings. The van der Waals surface area contributed by atoms with Gasteiger partial charge in [-0.2, -0.15) is 0 Å². The number of likely N-dealkylation sites (N-methyl/N-ethyl adjacent to an activating group) is 1. The number of benzene rings is 2. The van der Waals surface area contributed by atoms with E-state index in [1.54, 1.807) is 12.1 Å². The van der Waals surface area contributed by atoms with Gasteiger partial charge in [-0.15, -0.1) is 0 Å². The van der Waals surface area contributed by atoms with Crippen LogP contribution in [0.4, 0.5) is 5.69 Å². The fraction of sp³-hybridized carbons (Fsp3) is 0.458. The summed E-state index contributed by atoms with van der Waals surface area (Å²) in [6.07, 6.45) is 0.856. The molecule has 1 aliphatic heterocycles. The predicted octanol–water partition coefficient (Wildman–Crippen LogP) is 4.53. The van der Waals surface area contributed by atoms with Gasteiger partial charge in [-0.1, -0.05) is 30.7 Å². The van der Waals surface area contributed by atoms with Crippen molar-refractivity contribution in [3.05, 3.63) is 52.5 Å². The van der Waals surface area contributed by atoms with Crippen molar-refractivity contribution < 1.29 is 14.3 Å². The molecule has 0 bridgehead atoms. The van der Waals surface area contributed by atoms with Gasteiger partial charge in [0.05, 0.1) is 18.2 Å². The maximum absolute atomic E-state index is 12.9. The highest BCUT2D eigenvalue weighted by molar-refractivity contribution is 6.32. The SMILES string of the molecule is CCCOc1c(Cl)cc(C(=O)Nc2cccc(CN3CCN(C)CC3)c2)cc1OCC. The van der Waals surface area contributed by atoms with Crippen LogP contribution in [0.2, 0.25) is 5.02 Å². The lowest BCUT2D eigenvalue weighted by atomic mass is 10.1. The minimum atomic E-state index is -0.235. The van der Waals surface area contributed by atoms with Crippen LogP contribution in [0.5, 0.6) is 11.5 Å². The number of carbonyl (C=O) groups excluding carboxylic acids is 1. The summed E-state index contributed by atoms with van der Waals surface area (Å²) in [7, 11) is 2.15. The first-order chi connectivity index (χ1) is 15.0. The van der Waals surface area contributed by atoms with Gasteiger partial charge in [0.2, 0.25) is 0 Å². The Morgan fingerprint density at radius 1 is 1.10 bits per heavy atom. The predicted molar refractivity (Wildman–Crippen MR) is 126 cm³/mol. The minimum absolute atomic E-state index is 0.235. The van der Waals surface area contributed by atoms with Crippen LogP contribution in [-0.4, -0.2) is 62.1 Å². The number of carbonyl (C=O) groups is 1. The van der Waals surface area contributed by atoms with Gasteiger partial charge >= 0.3 is 0 Å². The number of nitrogens with one attached hydrogen (secondary N) is 1. The van der Waals surface area contributed by atoms with E-state index in [1.807, 2.05) is 32.0 Å². The van der Waals surface area contributed by atoms with Gasteiger partial charge in [-0.3, -0.25) is 9.69 Å². The van der Waals surface area contributed by atoms with Crippen molar-refractivity contribution in [3.63, 3.8) is 0 Å². The highest BCUT2D eigenvalue weighted by atomic mass is 35.5. The van der Waals surface area contributed by atoms with Gasteiger partial charge < -0.3 is 19.7 Å². The largest absolute Gasteiger partial charge is 0.490 e. The van der Waals surface area contributed by atoms with E-state index in [1.165, 1.54) is 5.56 Å². The fourth-order valence-corrected chi connectivity index (χ4v) is 3.79. The van der Waals surface area contributed by atoms with Crippen molar-refractivity contribution in [1.82, 2.24) is 9.80 Å². The average Bonchev–Trinajstić information content (AvgIpc) is 2.75. The molecule has 1 heterocycles. The molecule has 1 N–H and O–H groups in total. The van der Waals surface area contributed by atoms with Crippen LogP contribution >= 0.6 is 11.6 Å². The Labute approximate surface area is 190 Å². The van der Waals surface area contributed by atoms with Crippen molar-refractivity contribution in [2.24, 2.45) is 0 Å². The van der Waals surface area contributed by atoms with Gasteiger partial charge in [-0.25, -0.2) is 0 Å². The first-order valence-electron chi connectivity index (χ1n) is 10.9. The van der Waals surface area contributed by atoms with Crippen LogP contribution in [0.25, 0.3) is 0 Å². The number of halogens is 1. The van der Waals surface area contributed by atoms with Gasteiger partial charge in [0.1, 0.15) is 0 Å². The second kappa shape index (κ2) is 11.4. The van der Waals surface area contributed by atoms with E-state index in [2.05, 4.69) is 28.2 Å². The Hall–Kier alpha value is -2.28. The number of piperazine rings is 1. The molecule has 1 saturated heterocycles. The highest BCUT2D eigenvalue weighted by Crippen LogP contribution is 2.37. The van der Waals surface area contributed by atoms with Gasteiger partial charge in [0.25, 0.3) is 5.91 Å². The number of hydrogen-bond acceptors (Lipinski definition) is 5. The normalized spacial score (nSPS) is 15.0. The Morgan fingerprint density at radius 3 is 2.58 bits per heavy atom. The smallest absolute Gasteiger partial charge is 0.255 e. The number of rotatable bonds is 9. The van der Waals surface area contributed by atoms with Gasteiger partial charge in [0, 0.05) is 44.0 Å². The standard InChI is InChI=1S/C24H32ClN3O3/c1-4-13-31-23-21(25)15-19(16-22(23)30-5-2)24(29)26-20-8-6-7-18(14-20)17-28-11-9-27(3)10-12-28/h6-8,14-16H,4-5,9-13,17H2,1-3H3,(H,26,29). The fourth-order valence-electron chi connectivity index (χ4n) is 3.52. The lowest BCUT2D eigenvalue weighted by molar-refractivity contribution is 0.102. The molecule has 1 amide bonds. The van der Waals surface area contributed by atoms with Crippen molar-refractivity contribution in [2.45, 2.75) is 26.8 Å². The van der Waals surface area contributed by atoms with E-state index < -0.39 is 0 Å². The lowest BCUT2D eigenvalue weighted by Gasteiger charge is -2.32. The maximum atomic E-state index is 12.9. The van der Waals surface area contributed by atoms with Crippen LogP contribution in [0, 0.1) is 0 Å². The summed E-state index contributed by atoms with van der Waals surface area (Å²) in [5.41, 5.74) is 2.37. The van der Waals surface area contributed by atoms with Gasteiger partial charge in [0.15, 0.2) is 11.5 Å². The number of anilines is 1. The van der Waals surface area contributed by atoms with Crippen LogP contribution < -0.4 is 14.8 Å². The molecule has 3 rings (SSSR count). The second-order valence-electron chi connectivity index (χ2n) is 7.80. The molecular weight excluding hydrogens is 414 g/mol. The van der Waals surface area contributed by atoms with E-state index in [-0.39, 0.29) is 5.91 Å². The summed E-state index contributed by atoms with van der Waals surface area (Å²) in [5, 5.41) is 3.35. The maximum Gasteiger partial charge on any atom is 0.255 e. The second-order valence-corrected chi connectivity index (χ2v) is 8.21. The molecule has 1 aliphatic rings. The van der Waals surface area contributed by atoms with E-state index >= 15 is 0 Å². The number of nitrogens with zero attached hydrogens (tertiary/aromatic N) is 2. The van der Waals surface area contributed by atoms with Crippen LogP contribution in [0.15, 0.2) is 36.4 Å². The zero-order valence-electron chi connectivity index (χ0n) is 18.6. The highest BCUT2D eigenvalue weighted by Gasteiger charge is 2.17. The lowest BCUT2D eigenvalue weighted by Crippen LogP contribution is -2.43. The Balaban J connectivity index is 1.70. The molecule has 0 aliphatic carbocycles. The van der Waals surface area contributed by atoms with Crippen molar-refractivity contribution in [1.29, 1.82) is 0 Å². The van der Waals surface area contributed by atoms with Crippen LogP contribution in [0.3, 0.4) is 0 Å². The molecule has 0 saturated carbocycles. The molecule has 31 heavy (non-hydrogen) atoms. The van der Waals surface area contributed by atoms with Crippen molar-refractivity contribution >= 4 is 23.2 Å². The summed E-state index contributed by atoms with van der Waals surface area (Å²) in [6, 6.07) is 11.3. The number of amides is 1. The summed E-state index contributed by atoms with van der Waals surface area (Å²) >= 11 is 6.40. The zero-order chi connectivity index (χ0) is 22.2. The summed E-state index contributed by atoms with van der Waals surface area (Å²) in [6.45, 7) is 10.0. The third-order valence-electron chi connectivity index (χ3n) is 5.21. The quantitative estimate of drug-likeness (QED) is 0.614. The Kier molecular flexibility index (Phi) is 8.58. The molecule has 0 aromatic heterocycles. The molecule has 6 nitrogen and oxygen atoms in total. The van der Waals surface area contributed by atoms with Crippen LogP contribution in [0.1, 0.15) is 36.2 Å². The van der Waals surface area contributed by atoms with E-state index in [4.69, 9.17) is 21.1 Å². The summed E-state index contributed by atoms with van der Waals surface area (Å²) in [5.74, 6) is 0.732. The topological polar surface area (TPSA) is 54.0 Å². The zero-order valence-corrected chi connectivity index (χ0v) is 19.4. The van der Waals surface area contributed by atoms with E-state index in [0.717, 1.165) is 44.8 Å². The number of ether oxygens (including phenoxy) is 2. The Bertz CT molecular complexity index is 882. The summed E-state index contributed by atoms with van der Waals surface area (Å²) in [4.78, 5) is 17.7. The molecule has 0 unspecified atom stereocenters. The molecule has 7 heteroatoms. The average molecular weight is 446 g/mol. The molecular formula is C24H32ClN3O3. The molecule has 0 spiro atoms. The first kappa shape index (κ1) is 23.4. The minimum Gasteiger partial charge on any atom is -0.490 e. The van der Waals surface area contributed by atoms with Gasteiger partial charge in [-0.05, 0) is 50.2 Å². The first-order valence-corrected chi connectivity index (χ1v) is 11.3. The van der Waals surface area contributed by atoms with Crippen molar-refractivity contribution in [2.75, 3.05) is 51.8 Å². The monoisotopic (exact) mass is 445 g/mol. The molecule has 168 valence electrons. The molecule has 1 fully saturated rings. The molecule has 0 atom stereocenters. The molecule has 2 aromatic carbocycles. The van der Waals surface area contributed by atoms with E-state index in [9.17, 15) is 4.79 Å². The van der Waals surface area contributed by atoms with E-state index in [0.29, 0.717) is 35.3 Å².